The Labute approximate surface area is 400 Å². The van der Waals surface area contributed by atoms with Crippen molar-refractivity contribution in [1.29, 1.82) is 0 Å². The second-order valence-corrected chi connectivity index (χ2v) is 18.6. The maximum atomic E-state index is 13.1. The molecule has 0 aliphatic heterocycles. The van der Waals surface area contributed by atoms with E-state index in [1.165, 1.54) is 38.5 Å². The first-order valence-electron chi connectivity index (χ1n) is 19.5. The highest BCUT2D eigenvalue weighted by molar-refractivity contribution is 7.59. The molecule has 9 N–H and O–H groups in total. The third-order valence-electron chi connectivity index (χ3n) is 8.37. The molecule has 1 rings (SSSR count). The van der Waals surface area contributed by atoms with E-state index in [9.17, 15) is 72.3 Å². The van der Waals surface area contributed by atoms with Crippen molar-refractivity contribution in [2.24, 2.45) is 0 Å². The molecule has 8 atom stereocenters. The van der Waals surface area contributed by atoms with Crippen molar-refractivity contribution >= 4 is 56.7 Å². The SMILES string of the molecule is C#CC#CC#CC#CC#CC#CC(=O)OC[C@H](COP(=O)(O)OC1C(O)[C@H](OP(=O)(O)O)C(OP(=O)(O)O)C(OP(=O)(O)O)[C@@H]1O)OC(=O)CCCCCCCCCCCCCCC.S.[HH].[HH].[HH].[HH].[HH].[HH].[HH].[HH].[HH].[HH].[HH]. The van der Waals surface area contributed by atoms with Crippen molar-refractivity contribution in [1.82, 2.24) is 0 Å². The van der Waals surface area contributed by atoms with Gasteiger partial charge >= 0.3 is 43.2 Å². The van der Waals surface area contributed by atoms with Gasteiger partial charge in [-0.05, 0) is 65.6 Å². The molecule has 1 saturated carbocycles. The lowest BCUT2D eigenvalue weighted by molar-refractivity contribution is -0.209. The Kier molecular flexibility index (Phi) is 31.2. The zero-order valence-corrected chi connectivity index (χ0v) is 39.6. The van der Waals surface area contributed by atoms with Crippen LogP contribution in [0.4, 0.5) is 0 Å². The molecule has 0 aromatic carbocycles. The number of carbonyl (C=O) groups excluding carboxylic acids is 2. The van der Waals surface area contributed by atoms with Crippen molar-refractivity contribution in [3.05, 3.63) is 0 Å². The summed E-state index contributed by atoms with van der Waals surface area (Å²) in [4.78, 5) is 91.8. The van der Waals surface area contributed by atoms with E-state index in [4.69, 9.17) is 24.9 Å². The summed E-state index contributed by atoms with van der Waals surface area (Å²) in [7, 11) is -23.2. The summed E-state index contributed by atoms with van der Waals surface area (Å²) in [5.74, 6) is 22.5. The Morgan fingerprint density at radius 3 is 1.40 bits per heavy atom. The fourth-order valence-corrected chi connectivity index (χ4v) is 8.32. The fraction of sp³-hybridized carbons (Fsp3) is 0.632. The minimum atomic E-state index is -5.82. The van der Waals surface area contributed by atoms with Gasteiger partial charge in [0.2, 0.25) is 0 Å². The largest absolute Gasteiger partial charge is 0.472 e. The summed E-state index contributed by atoms with van der Waals surface area (Å²) >= 11 is 0. The van der Waals surface area contributed by atoms with Gasteiger partial charge in [0, 0.05) is 28.0 Å². The van der Waals surface area contributed by atoms with Gasteiger partial charge in [-0.15, -0.1) is 6.42 Å². The van der Waals surface area contributed by atoms with Gasteiger partial charge in [0.25, 0.3) is 0 Å². The monoisotopic (exact) mass is 1040 g/mol. The Hall–Kier alpha value is -2.99. The summed E-state index contributed by atoms with van der Waals surface area (Å²) in [5.41, 5.74) is 0. The van der Waals surface area contributed by atoms with E-state index < -0.39 is 99.2 Å². The van der Waals surface area contributed by atoms with Gasteiger partial charge in [-0.25, -0.2) is 23.1 Å². The van der Waals surface area contributed by atoms with Gasteiger partial charge < -0.3 is 53.9 Å². The highest BCUT2D eigenvalue weighted by Gasteiger charge is 2.59. The molecule has 0 aromatic rings. The molecule has 0 bridgehead atoms. The Balaban J connectivity index is -0.000000341. The van der Waals surface area contributed by atoms with Gasteiger partial charge in [0.1, 0.15) is 43.2 Å². The topological polar surface area (TPSA) is 349 Å². The van der Waals surface area contributed by atoms with Gasteiger partial charge in [-0.3, -0.25) is 27.4 Å². The number of aliphatic hydroxyl groups is 2. The van der Waals surface area contributed by atoms with E-state index >= 15 is 0 Å². The highest BCUT2D eigenvalue weighted by Crippen LogP contribution is 2.53. The fourth-order valence-electron chi connectivity index (χ4n) is 5.67. The number of esters is 2. The van der Waals surface area contributed by atoms with Crippen LogP contribution in [0.2, 0.25) is 0 Å². The van der Waals surface area contributed by atoms with Crippen LogP contribution in [0.25, 0.3) is 0 Å². The van der Waals surface area contributed by atoms with Crippen molar-refractivity contribution in [2.75, 3.05) is 13.2 Å². The molecule has 0 heterocycles. The molecule has 0 saturated heterocycles. The van der Waals surface area contributed by atoms with Crippen molar-refractivity contribution in [3.63, 3.8) is 0 Å². The van der Waals surface area contributed by atoms with Crippen LogP contribution in [0, 0.1) is 71.5 Å². The highest BCUT2D eigenvalue weighted by atomic mass is 32.1. The third-order valence-corrected chi connectivity index (χ3v) is 10.9. The van der Waals surface area contributed by atoms with Crippen molar-refractivity contribution in [3.8, 4) is 71.5 Å². The summed E-state index contributed by atoms with van der Waals surface area (Å²) in [6.45, 7) is 0.186. The molecule has 386 valence electrons. The van der Waals surface area contributed by atoms with Crippen LogP contribution in [0.1, 0.15) is 113 Å². The zero-order chi connectivity index (χ0) is 48.2. The molecule has 65 heavy (non-hydrogen) atoms. The number of hydrogen-bond acceptors (Lipinski definition) is 15. The molecule has 27 heteroatoms. The maximum absolute atomic E-state index is 13.1. The van der Waals surface area contributed by atoms with Crippen LogP contribution in [0.5, 0.6) is 0 Å². The number of aliphatic hydroxyl groups excluding tert-OH is 2. The first kappa shape index (κ1) is 62.0. The maximum Gasteiger partial charge on any atom is 0.472 e. The Morgan fingerprint density at radius 2 is 0.969 bits per heavy atom. The van der Waals surface area contributed by atoms with E-state index in [2.05, 4.69) is 79.7 Å². The second kappa shape index (κ2) is 32.7. The second-order valence-electron chi connectivity index (χ2n) is 13.6. The number of rotatable bonds is 28. The van der Waals surface area contributed by atoms with Crippen LogP contribution in [-0.2, 0) is 59.9 Å². The number of terminal acetylenes is 1. The van der Waals surface area contributed by atoms with Crippen LogP contribution in [-0.4, -0.2) is 112 Å². The molecular weight excluding hydrogens is 964 g/mol. The number of phosphoric acid groups is 4. The van der Waals surface area contributed by atoms with E-state index in [0.29, 0.717) is 12.8 Å². The molecule has 0 amide bonds. The lowest BCUT2D eigenvalue weighted by atomic mass is 9.85. The van der Waals surface area contributed by atoms with E-state index in [1.54, 1.807) is 0 Å². The predicted octanol–water partition coefficient (Wildman–Crippen LogP) is 5.06. The van der Waals surface area contributed by atoms with Crippen LogP contribution < -0.4 is 0 Å². The smallest absolute Gasteiger partial charge is 0.456 e. The number of unbranched alkanes of at least 4 members (excludes halogenated alkanes) is 12. The molecule has 0 radical (unpaired) electrons. The lowest BCUT2D eigenvalue weighted by Gasteiger charge is -2.45. The first-order valence-corrected chi connectivity index (χ1v) is 25.6. The average molecular weight is 1040 g/mol. The molecule has 1 aliphatic carbocycles. The zero-order valence-electron chi connectivity index (χ0n) is 35.1. The average Bonchev–Trinajstić information content (AvgIpc) is 3.18. The Morgan fingerprint density at radius 1 is 0.569 bits per heavy atom. The van der Waals surface area contributed by atoms with Gasteiger partial charge in [-0.2, -0.15) is 13.5 Å². The van der Waals surface area contributed by atoms with E-state index in [-0.39, 0.29) is 35.6 Å². The van der Waals surface area contributed by atoms with E-state index in [0.717, 1.165) is 32.1 Å². The number of hydrogen-bond donors (Lipinski definition) is 9. The Bertz CT molecular complexity index is 2080. The van der Waals surface area contributed by atoms with E-state index in [1.807, 2.05) is 5.92 Å². The molecule has 0 spiro atoms. The lowest BCUT2D eigenvalue weighted by Crippen LogP contribution is -2.65. The summed E-state index contributed by atoms with van der Waals surface area (Å²) in [6, 6.07) is 0. The van der Waals surface area contributed by atoms with Crippen LogP contribution >= 0.6 is 44.8 Å². The normalized spacial score (nSPS) is 20.5. The van der Waals surface area contributed by atoms with Crippen molar-refractivity contribution < 1.29 is 120 Å². The van der Waals surface area contributed by atoms with Gasteiger partial charge in [0.05, 0.1) is 6.61 Å². The molecule has 1 aliphatic rings. The molecule has 5 unspecified atom stereocenters. The van der Waals surface area contributed by atoms with Gasteiger partial charge in [-0.1, -0.05) is 84.0 Å². The number of ether oxygens (including phenoxy) is 2. The van der Waals surface area contributed by atoms with Gasteiger partial charge in [0.15, 0.2) is 6.10 Å². The quantitative estimate of drug-likeness (QED) is 0.0162. The first-order chi connectivity index (χ1) is 30.0. The minimum absolute atomic E-state index is 0. The minimum Gasteiger partial charge on any atom is -0.456 e. The molecular formula is C38H76O22P4S. The standard InChI is InChI=1S/C38H52O22P4.H2S.11H2/c1-3-5-7-9-11-13-15-16-17-19-21-23-25-27-32(40)56-30(28-54-31(39)26-24-22-20-18-14-12-10-8-6-4-2)29-55-64(52,53)60-35-33(41)36(57-61(43,44)45)38(59-63(49,50)51)37(34(35)42)58-62(46,47)48;;;;;;;;;;;;/h2,30,33-38,41-42H,3,5,7,9,11,13,15-17,19,21,23,25,27-29H2,1H3,(H,52,53)(H2,43,44,45)(H2,46,47,48)(H2,49,50,51);1H2;11*1H/t30-,33-,34?,35?,36?,37+,38?;;;;;;;;;;;;/m1............/s1. The summed E-state index contributed by atoms with van der Waals surface area (Å²) in [6.07, 6.45) is -0.0635. The summed E-state index contributed by atoms with van der Waals surface area (Å²) in [5, 5.41) is 21.7. The molecule has 22 nitrogen and oxygen atoms in total. The predicted molar refractivity (Wildman–Crippen MR) is 256 cm³/mol. The number of phosphoric ester groups is 4. The number of carbonyl (C=O) groups is 2. The third kappa shape index (κ3) is 30.8. The van der Waals surface area contributed by atoms with Crippen LogP contribution in [0.15, 0.2) is 0 Å². The summed E-state index contributed by atoms with van der Waals surface area (Å²) < 4.78 is 81.0. The van der Waals surface area contributed by atoms with Crippen LogP contribution in [0.3, 0.4) is 0 Å². The van der Waals surface area contributed by atoms with Crippen molar-refractivity contribution in [2.45, 2.75) is 140 Å². The molecule has 1 fully saturated rings. The molecule has 0 aromatic heterocycles.